The SMILES string of the molecule is CCOC(=O)c1cnn(-c2ccccc2)c1-c1ccc(OC)cc1. The number of para-hydroxylation sites is 1. The minimum atomic E-state index is -0.384. The van der Waals surface area contributed by atoms with Gasteiger partial charge in [0.15, 0.2) is 0 Å². The van der Waals surface area contributed by atoms with Gasteiger partial charge in [-0.05, 0) is 43.3 Å². The van der Waals surface area contributed by atoms with Crippen LogP contribution in [-0.2, 0) is 4.74 Å². The van der Waals surface area contributed by atoms with Crippen LogP contribution in [0.2, 0.25) is 0 Å². The van der Waals surface area contributed by atoms with Crippen LogP contribution in [0.5, 0.6) is 5.75 Å². The summed E-state index contributed by atoms with van der Waals surface area (Å²) in [6.45, 7) is 2.10. The number of carbonyl (C=O) groups excluding carboxylic acids is 1. The van der Waals surface area contributed by atoms with Gasteiger partial charge in [0.05, 0.1) is 31.3 Å². The molecule has 0 aliphatic heterocycles. The molecule has 0 aliphatic carbocycles. The van der Waals surface area contributed by atoms with Crippen molar-refractivity contribution in [2.45, 2.75) is 6.92 Å². The molecule has 1 heterocycles. The average molecular weight is 322 g/mol. The molecular formula is C19H18N2O3. The normalized spacial score (nSPS) is 10.4. The number of hydrogen-bond acceptors (Lipinski definition) is 4. The summed E-state index contributed by atoms with van der Waals surface area (Å²) in [5.74, 6) is 0.368. The van der Waals surface area contributed by atoms with E-state index in [1.165, 1.54) is 0 Å². The summed E-state index contributed by atoms with van der Waals surface area (Å²) >= 11 is 0. The summed E-state index contributed by atoms with van der Waals surface area (Å²) in [4.78, 5) is 12.3. The predicted molar refractivity (Wildman–Crippen MR) is 91.5 cm³/mol. The van der Waals surface area contributed by atoms with Crippen molar-refractivity contribution >= 4 is 5.97 Å². The summed E-state index contributed by atoms with van der Waals surface area (Å²) < 4.78 is 12.1. The topological polar surface area (TPSA) is 53.3 Å². The summed E-state index contributed by atoms with van der Waals surface area (Å²) in [7, 11) is 1.62. The highest BCUT2D eigenvalue weighted by molar-refractivity contribution is 5.96. The van der Waals surface area contributed by atoms with E-state index in [2.05, 4.69) is 5.10 Å². The van der Waals surface area contributed by atoms with E-state index < -0.39 is 0 Å². The Hall–Kier alpha value is -3.08. The Bertz CT molecular complexity index is 824. The molecule has 3 rings (SSSR count). The lowest BCUT2D eigenvalue weighted by Gasteiger charge is -2.10. The third kappa shape index (κ3) is 3.01. The van der Waals surface area contributed by atoms with E-state index in [1.54, 1.807) is 24.9 Å². The van der Waals surface area contributed by atoms with Crippen molar-refractivity contribution in [1.29, 1.82) is 0 Å². The van der Waals surface area contributed by atoms with E-state index in [0.29, 0.717) is 17.9 Å². The van der Waals surface area contributed by atoms with Gasteiger partial charge in [0.1, 0.15) is 11.3 Å². The van der Waals surface area contributed by atoms with Crippen molar-refractivity contribution in [3.8, 4) is 22.7 Å². The Morgan fingerprint density at radius 3 is 2.42 bits per heavy atom. The Morgan fingerprint density at radius 2 is 1.79 bits per heavy atom. The average Bonchev–Trinajstić information content (AvgIpc) is 3.08. The molecule has 1 aromatic heterocycles. The van der Waals surface area contributed by atoms with Crippen molar-refractivity contribution in [2.24, 2.45) is 0 Å². The smallest absolute Gasteiger partial charge is 0.342 e. The summed E-state index contributed by atoms with van der Waals surface area (Å²) in [5, 5.41) is 4.39. The second kappa shape index (κ2) is 7.00. The number of nitrogens with zero attached hydrogens (tertiary/aromatic N) is 2. The van der Waals surface area contributed by atoms with E-state index >= 15 is 0 Å². The molecule has 2 aromatic carbocycles. The highest BCUT2D eigenvalue weighted by atomic mass is 16.5. The van der Waals surface area contributed by atoms with Crippen molar-refractivity contribution in [1.82, 2.24) is 9.78 Å². The standard InChI is InChI=1S/C19H18N2O3/c1-3-24-19(22)17-13-20-21(15-7-5-4-6-8-15)18(17)14-9-11-16(23-2)12-10-14/h4-13H,3H2,1-2H3. The van der Waals surface area contributed by atoms with Gasteiger partial charge in [-0.25, -0.2) is 9.48 Å². The van der Waals surface area contributed by atoms with E-state index in [4.69, 9.17) is 9.47 Å². The van der Waals surface area contributed by atoms with Crippen molar-refractivity contribution in [3.63, 3.8) is 0 Å². The van der Waals surface area contributed by atoms with E-state index in [1.807, 2.05) is 54.6 Å². The summed E-state index contributed by atoms with van der Waals surface area (Å²) in [6, 6.07) is 17.2. The van der Waals surface area contributed by atoms with Crippen LogP contribution in [0.4, 0.5) is 0 Å². The van der Waals surface area contributed by atoms with Crippen LogP contribution in [0.25, 0.3) is 16.9 Å². The zero-order chi connectivity index (χ0) is 16.9. The first-order chi connectivity index (χ1) is 11.7. The molecule has 0 saturated carbocycles. The van der Waals surface area contributed by atoms with Crippen LogP contribution in [-0.4, -0.2) is 29.5 Å². The molecular weight excluding hydrogens is 304 g/mol. The van der Waals surface area contributed by atoms with Gasteiger partial charge < -0.3 is 9.47 Å². The number of ether oxygens (including phenoxy) is 2. The molecule has 0 aliphatic rings. The molecule has 0 N–H and O–H groups in total. The molecule has 24 heavy (non-hydrogen) atoms. The van der Waals surface area contributed by atoms with E-state index in [9.17, 15) is 4.79 Å². The number of aromatic nitrogens is 2. The number of methoxy groups -OCH3 is 1. The van der Waals surface area contributed by atoms with Crippen molar-refractivity contribution in [3.05, 3.63) is 66.4 Å². The largest absolute Gasteiger partial charge is 0.497 e. The number of carbonyl (C=O) groups is 1. The van der Waals surface area contributed by atoms with Crippen molar-refractivity contribution in [2.75, 3.05) is 13.7 Å². The van der Waals surface area contributed by atoms with Gasteiger partial charge >= 0.3 is 5.97 Å². The molecule has 3 aromatic rings. The second-order valence-corrected chi connectivity index (χ2v) is 5.10. The van der Waals surface area contributed by atoms with Crippen molar-refractivity contribution < 1.29 is 14.3 Å². The lowest BCUT2D eigenvalue weighted by atomic mass is 10.1. The van der Waals surface area contributed by atoms with Crippen LogP contribution in [0.15, 0.2) is 60.8 Å². The van der Waals surface area contributed by atoms with Crippen LogP contribution < -0.4 is 4.74 Å². The van der Waals surface area contributed by atoms with Crippen LogP contribution in [0, 0.1) is 0 Å². The zero-order valence-corrected chi connectivity index (χ0v) is 13.6. The number of esters is 1. The first-order valence-electron chi connectivity index (χ1n) is 7.69. The number of benzene rings is 2. The van der Waals surface area contributed by atoms with Gasteiger partial charge in [-0.1, -0.05) is 18.2 Å². The fraction of sp³-hybridized carbons (Fsp3) is 0.158. The molecule has 0 bridgehead atoms. The molecule has 0 radical (unpaired) electrons. The lowest BCUT2D eigenvalue weighted by molar-refractivity contribution is 0.0527. The fourth-order valence-corrected chi connectivity index (χ4v) is 2.50. The molecule has 0 amide bonds. The Morgan fingerprint density at radius 1 is 1.08 bits per heavy atom. The summed E-state index contributed by atoms with van der Waals surface area (Å²) in [6.07, 6.45) is 1.55. The Kier molecular flexibility index (Phi) is 4.61. The predicted octanol–water partition coefficient (Wildman–Crippen LogP) is 3.72. The lowest BCUT2D eigenvalue weighted by Crippen LogP contribution is -2.07. The Labute approximate surface area is 140 Å². The number of hydrogen-bond donors (Lipinski definition) is 0. The quantitative estimate of drug-likeness (QED) is 0.672. The van der Waals surface area contributed by atoms with Gasteiger partial charge in [-0.2, -0.15) is 5.10 Å². The third-order valence-corrected chi connectivity index (χ3v) is 3.63. The van der Waals surface area contributed by atoms with Gasteiger partial charge in [-0.3, -0.25) is 0 Å². The van der Waals surface area contributed by atoms with Gasteiger partial charge in [0.2, 0.25) is 0 Å². The maximum absolute atomic E-state index is 12.3. The first-order valence-corrected chi connectivity index (χ1v) is 7.69. The molecule has 0 saturated heterocycles. The second-order valence-electron chi connectivity index (χ2n) is 5.10. The minimum absolute atomic E-state index is 0.317. The minimum Gasteiger partial charge on any atom is -0.497 e. The van der Waals surface area contributed by atoms with Crippen LogP contribution in [0.3, 0.4) is 0 Å². The highest BCUT2D eigenvalue weighted by Crippen LogP contribution is 2.28. The Balaban J connectivity index is 2.15. The third-order valence-electron chi connectivity index (χ3n) is 3.63. The van der Waals surface area contributed by atoms with Gasteiger partial charge in [0.25, 0.3) is 0 Å². The van der Waals surface area contributed by atoms with Gasteiger partial charge in [0, 0.05) is 5.56 Å². The molecule has 0 spiro atoms. The van der Waals surface area contributed by atoms with Crippen LogP contribution >= 0.6 is 0 Å². The molecule has 122 valence electrons. The summed E-state index contributed by atoms with van der Waals surface area (Å²) in [5.41, 5.74) is 2.87. The number of rotatable bonds is 5. The van der Waals surface area contributed by atoms with Crippen LogP contribution in [0.1, 0.15) is 17.3 Å². The van der Waals surface area contributed by atoms with Gasteiger partial charge in [-0.15, -0.1) is 0 Å². The zero-order valence-electron chi connectivity index (χ0n) is 13.6. The monoisotopic (exact) mass is 322 g/mol. The molecule has 0 fully saturated rings. The van der Waals surface area contributed by atoms with E-state index in [0.717, 1.165) is 17.0 Å². The molecule has 0 atom stereocenters. The highest BCUT2D eigenvalue weighted by Gasteiger charge is 2.21. The maximum Gasteiger partial charge on any atom is 0.342 e. The fourth-order valence-electron chi connectivity index (χ4n) is 2.50. The molecule has 5 heteroatoms. The van der Waals surface area contributed by atoms with E-state index in [-0.39, 0.29) is 5.97 Å². The maximum atomic E-state index is 12.3. The molecule has 5 nitrogen and oxygen atoms in total. The molecule has 0 unspecified atom stereocenters. The first kappa shape index (κ1) is 15.8.